The quantitative estimate of drug-likeness (QED) is 0.577. The van der Waals surface area contributed by atoms with Gasteiger partial charge in [-0.1, -0.05) is 36.4 Å². The number of carbonyl (C=O) groups excluding carboxylic acids is 1. The van der Waals surface area contributed by atoms with Crippen molar-refractivity contribution in [1.29, 1.82) is 0 Å². The lowest BCUT2D eigenvalue weighted by Gasteiger charge is -2.11. The van der Waals surface area contributed by atoms with Gasteiger partial charge in [0.1, 0.15) is 11.5 Å². The Morgan fingerprint density at radius 3 is 2.36 bits per heavy atom. The van der Waals surface area contributed by atoms with Gasteiger partial charge in [0, 0.05) is 23.7 Å². The Balaban J connectivity index is 1.55. The first-order valence-electron chi connectivity index (χ1n) is 9.45. The summed E-state index contributed by atoms with van der Waals surface area (Å²) in [6, 6.07) is 24.8. The van der Waals surface area contributed by atoms with Crippen molar-refractivity contribution in [1.82, 2.24) is 0 Å². The topological polar surface area (TPSA) is 47.6 Å². The van der Waals surface area contributed by atoms with Crippen LogP contribution in [-0.4, -0.2) is 18.6 Å². The Bertz CT molecular complexity index is 889. The molecule has 0 aliphatic carbocycles. The molecule has 0 radical (unpaired) electrons. The number of ether oxygens (including phenoxy) is 2. The van der Waals surface area contributed by atoms with Gasteiger partial charge < -0.3 is 14.8 Å². The molecule has 0 aliphatic heterocycles. The fraction of sp³-hybridized carbons (Fsp3) is 0.208. The molecule has 0 heterocycles. The molecule has 144 valence electrons. The molecule has 3 rings (SSSR count). The predicted molar refractivity (Wildman–Crippen MR) is 112 cm³/mol. The van der Waals surface area contributed by atoms with E-state index in [1.54, 1.807) is 24.3 Å². The van der Waals surface area contributed by atoms with E-state index in [0.717, 1.165) is 17.9 Å². The Morgan fingerprint density at radius 2 is 1.64 bits per heavy atom. The van der Waals surface area contributed by atoms with Crippen molar-refractivity contribution in [3.05, 3.63) is 90.0 Å². The van der Waals surface area contributed by atoms with Crippen LogP contribution in [0.25, 0.3) is 0 Å². The zero-order valence-electron chi connectivity index (χ0n) is 16.2. The van der Waals surface area contributed by atoms with Gasteiger partial charge in [-0.15, -0.1) is 0 Å². The minimum atomic E-state index is -0.169. The number of hydrogen-bond donors (Lipinski definition) is 1. The first-order valence-corrected chi connectivity index (χ1v) is 9.45. The minimum absolute atomic E-state index is 0.101. The van der Waals surface area contributed by atoms with Crippen LogP contribution in [0.5, 0.6) is 11.5 Å². The highest BCUT2D eigenvalue weighted by Crippen LogP contribution is 2.19. The second kappa shape index (κ2) is 9.60. The predicted octanol–water partition coefficient (Wildman–Crippen LogP) is 5.35. The van der Waals surface area contributed by atoms with E-state index in [1.807, 2.05) is 56.3 Å². The Morgan fingerprint density at radius 1 is 0.893 bits per heavy atom. The standard InChI is InChI=1S/C24H25NO3/c1-18(2)28-22-13-11-20(12-14-22)24(26)25-21-9-6-10-23(17-21)27-16-15-19-7-4-3-5-8-19/h3-14,17-18H,15-16H2,1-2H3,(H,25,26). The molecule has 4 nitrogen and oxygen atoms in total. The number of amides is 1. The lowest BCUT2D eigenvalue weighted by molar-refractivity contribution is 0.102. The molecule has 4 heteroatoms. The summed E-state index contributed by atoms with van der Waals surface area (Å²) in [7, 11) is 0. The zero-order chi connectivity index (χ0) is 19.8. The van der Waals surface area contributed by atoms with Crippen molar-refractivity contribution in [2.24, 2.45) is 0 Å². The lowest BCUT2D eigenvalue weighted by atomic mass is 10.2. The molecule has 3 aromatic rings. The fourth-order valence-corrected chi connectivity index (χ4v) is 2.76. The van der Waals surface area contributed by atoms with Gasteiger partial charge in [0.25, 0.3) is 5.91 Å². The summed E-state index contributed by atoms with van der Waals surface area (Å²) in [6.07, 6.45) is 0.937. The number of carbonyl (C=O) groups is 1. The van der Waals surface area contributed by atoms with Gasteiger partial charge in [0.15, 0.2) is 0 Å². The molecule has 0 saturated carbocycles. The highest BCUT2D eigenvalue weighted by atomic mass is 16.5. The second-order valence-electron chi connectivity index (χ2n) is 6.76. The summed E-state index contributed by atoms with van der Waals surface area (Å²) >= 11 is 0. The number of nitrogens with one attached hydrogen (secondary N) is 1. The fourth-order valence-electron chi connectivity index (χ4n) is 2.76. The monoisotopic (exact) mass is 375 g/mol. The van der Waals surface area contributed by atoms with Crippen LogP contribution in [-0.2, 0) is 6.42 Å². The third-order valence-corrected chi connectivity index (χ3v) is 4.08. The van der Waals surface area contributed by atoms with Gasteiger partial charge in [0.05, 0.1) is 12.7 Å². The van der Waals surface area contributed by atoms with Crippen molar-refractivity contribution in [2.75, 3.05) is 11.9 Å². The highest BCUT2D eigenvalue weighted by Gasteiger charge is 2.08. The van der Waals surface area contributed by atoms with E-state index in [4.69, 9.17) is 9.47 Å². The summed E-state index contributed by atoms with van der Waals surface area (Å²) in [5, 5.41) is 2.91. The first kappa shape index (κ1) is 19.5. The summed E-state index contributed by atoms with van der Waals surface area (Å²) < 4.78 is 11.4. The van der Waals surface area contributed by atoms with E-state index < -0.39 is 0 Å². The van der Waals surface area contributed by atoms with Crippen LogP contribution in [0, 0.1) is 0 Å². The third-order valence-electron chi connectivity index (χ3n) is 4.08. The molecule has 0 atom stereocenters. The van der Waals surface area contributed by atoms with E-state index in [9.17, 15) is 4.79 Å². The van der Waals surface area contributed by atoms with Crippen LogP contribution in [0.1, 0.15) is 29.8 Å². The van der Waals surface area contributed by atoms with E-state index in [-0.39, 0.29) is 12.0 Å². The van der Waals surface area contributed by atoms with Crippen molar-refractivity contribution in [3.63, 3.8) is 0 Å². The molecule has 28 heavy (non-hydrogen) atoms. The summed E-state index contributed by atoms with van der Waals surface area (Å²) in [5.74, 6) is 1.31. The number of hydrogen-bond acceptors (Lipinski definition) is 3. The number of rotatable bonds is 8. The van der Waals surface area contributed by atoms with E-state index in [1.165, 1.54) is 5.56 Å². The van der Waals surface area contributed by atoms with Crippen LogP contribution in [0.3, 0.4) is 0 Å². The Labute approximate surface area is 166 Å². The van der Waals surface area contributed by atoms with Crippen LogP contribution >= 0.6 is 0 Å². The van der Waals surface area contributed by atoms with Crippen LogP contribution in [0.2, 0.25) is 0 Å². The van der Waals surface area contributed by atoms with Gasteiger partial charge in [-0.3, -0.25) is 4.79 Å². The van der Waals surface area contributed by atoms with Gasteiger partial charge in [0.2, 0.25) is 0 Å². The number of benzene rings is 3. The smallest absolute Gasteiger partial charge is 0.255 e. The summed E-state index contributed by atoms with van der Waals surface area (Å²) in [4.78, 5) is 12.5. The summed E-state index contributed by atoms with van der Waals surface area (Å²) in [6.45, 7) is 4.52. The van der Waals surface area contributed by atoms with Crippen molar-refractivity contribution in [2.45, 2.75) is 26.4 Å². The van der Waals surface area contributed by atoms with Crippen molar-refractivity contribution < 1.29 is 14.3 Å². The second-order valence-corrected chi connectivity index (χ2v) is 6.76. The largest absolute Gasteiger partial charge is 0.493 e. The lowest BCUT2D eigenvalue weighted by Crippen LogP contribution is -2.12. The highest BCUT2D eigenvalue weighted by molar-refractivity contribution is 6.04. The molecule has 0 bridgehead atoms. The third kappa shape index (κ3) is 5.88. The molecule has 0 saturated heterocycles. The molecular formula is C24H25NO3. The van der Waals surface area contributed by atoms with Crippen LogP contribution < -0.4 is 14.8 Å². The zero-order valence-corrected chi connectivity index (χ0v) is 16.2. The first-order chi connectivity index (χ1) is 13.6. The molecule has 1 N–H and O–H groups in total. The average Bonchev–Trinajstić information content (AvgIpc) is 2.69. The van der Waals surface area contributed by atoms with Crippen LogP contribution in [0.4, 0.5) is 5.69 Å². The van der Waals surface area contributed by atoms with Gasteiger partial charge >= 0.3 is 0 Å². The van der Waals surface area contributed by atoms with Gasteiger partial charge in [-0.25, -0.2) is 0 Å². The number of anilines is 1. The maximum absolute atomic E-state index is 12.5. The van der Waals surface area contributed by atoms with Crippen LogP contribution in [0.15, 0.2) is 78.9 Å². The molecule has 1 amide bonds. The molecule has 0 fully saturated rings. The van der Waals surface area contributed by atoms with Crippen molar-refractivity contribution >= 4 is 11.6 Å². The maximum Gasteiger partial charge on any atom is 0.255 e. The minimum Gasteiger partial charge on any atom is -0.493 e. The molecule has 0 aliphatic rings. The van der Waals surface area contributed by atoms with Crippen molar-refractivity contribution in [3.8, 4) is 11.5 Å². The molecule has 0 spiro atoms. The summed E-state index contributed by atoms with van der Waals surface area (Å²) in [5.41, 5.74) is 2.51. The van der Waals surface area contributed by atoms with Gasteiger partial charge in [-0.05, 0) is 55.8 Å². The van der Waals surface area contributed by atoms with Gasteiger partial charge in [-0.2, -0.15) is 0 Å². The molecule has 3 aromatic carbocycles. The SMILES string of the molecule is CC(C)Oc1ccc(C(=O)Nc2cccc(OCCc3ccccc3)c2)cc1. The maximum atomic E-state index is 12.5. The van der Waals surface area contributed by atoms with E-state index >= 15 is 0 Å². The average molecular weight is 375 g/mol. The molecule has 0 aromatic heterocycles. The Kier molecular flexibility index (Phi) is 6.68. The van der Waals surface area contributed by atoms with E-state index in [0.29, 0.717) is 17.9 Å². The van der Waals surface area contributed by atoms with E-state index in [2.05, 4.69) is 17.4 Å². The molecular weight excluding hydrogens is 350 g/mol. The molecule has 0 unspecified atom stereocenters. The Hall–Kier alpha value is -3.27. The normalized spacial score (nSPS) is 10.5.